The largest absolute Gasteiger partial charge is 0.502 e. The molecule has 2 aromatic heterocycles. The molecule has 1 aliphatic heterocycles. The van der Waals surface area contributed by atoms with Crippen molar-refractivity contribution in [2.24, 2.45) is 0 Å². The predicted molar refractivity (Wildman–Crippen MR) is 136 cm³/mol. The minimum absolute atomic E-state index is 0.0311. The van der Waals surface area contributed by atoms with Crippen LogP contribution in [0.4, 0.5) is 0 Å². The molecule has 1 atom stereocenters. The first-order valence-electron chi connectivity index (χ1n) is 12.0. The van der Waals surface area contributed by atoms with Gasteiger partial charge in [-0.25, -0.2) is 0 Å². The molecule has 9 nitrogen and oxygen atoms in total. The quantitative estimate of drug-likeness (QED) is 0.363. The Balaban J connectivity index is 1.53. The lowest BCUT2D eigenvalue weighted by Crippen LogP contribution is -2.36. The minimum atomic E-state index is -0.840. The number of aromatic nitrogens is 1. The van der Waals surface area contributed by atoms with Crippen molar-refractivity contribution in [3.8, 4) is 23.0 Å². The number of carbonyl (C=O) groups is 1. The molecule has 192 valence electrons. The zero-order valence-electron chi connectivity index (χ0n) is 20.8. The van der Waals surface area contributed by atoms with Gasteiger partial charge in [-0.1, -0.05) is 18.2 Å². The Kier molecular flexibility index (Phi) is 6.29. The maximum atomic E-state index is 13.6. The fourth-order valence-corrected chi connectivity index (χ4v) is 5.05. The smallest absolute Gasteiger partial charge is 0.227 e. The summed E-state index contributed by atoms with van der Waals surface area (Å²) in [5.41, 5.74) is 3.12. The lowest BCUT2D eigenvalue weighted by Gasteiger charge is -2.29. The van der Waals surface area contributed by atoms with Crippen molar-refractivity contribution < 1.29 is 28.9 Å². The summed E-state index contributed by atoms with van der Waals surface area (Å²) in [4.78, 5) is 31.2. The van der Waals surface area contributed by atoms with Crippen LogP contribution in [0.25, 0.3) is 10.9 Å². The number of phenolic OH excluding ortho intramolecular Hbond substituents is 1. The van der Waals surface area contributed by atoms with Crippen LogP contribution in [0.3, 0.4) is 0 Å². The summed E-state index contributed by atoms with van der Waals surface area (Å²) in [6.07, 6.45) is 0.619. The molecule has 1 unspecified atom stereocenters. The van der Waals surface area contributed by atoms with E-state index < -0.39 is 17.1 Å². The molecule has 0 radical (unpaired) electrons. The number of aromatic hydroxyl groups is 2. The van der Waals surface area contributed by atoms with Crippen molar-refractivity contribution >= 4 is 16.8 Å². The molecule has 2 aromatic carbocycles. The number of nitrogens with zero attached hydrogens (tertiary/aromatic N) is 1. The number of benzene rings is 2. The molecule has 0 bridgehead atoms. The third-order valence-electron chi connectivity index (χ3n) is 6.91. The van der Waals surface area contributed by atoms with Crippen LogP contribution in [0.1, 0.15) is 40.7 Å². The number of hydrogen-bond acceptors (Lipinski definition) is 7. The standard InChI is InChI=1S/C28H28N2O7/c1-15-10-22(31)26(33)28(37-15)19(16-11-23(35-2)27(34)24(12-16)36-3)13-25(32)30-9-8-18-17-6-4-5-7-20(17)29-21(18)14-30/h4-7,10-12,19,29,33-34H,8-9,13-14H2,1-3H3. The van der Waals surface area contributed by atoms with Gasteiger partial charge in [-0.15, -0.1) is 0 Å². The Morgan fingerprint density at radius 2 is 1.81 bits per heavy atom. The van der Waals surface area contributed by atoms with E-state index in [9.17, 15) is 19.8 Å². The predicted octanol–water partition coefficient (Wildman–Crippen LogP) is 3.96. The van der Waals surface area contributed by atoms with Crippen LogP contribution in [-0.4, -0.2) is 46.8 Å². The van der Waals surface area contributed by atoms with Crippen molar-refractivity contribution in [1.82, 2.24) is 9.88 Å². The van der Waals surface area contributed by atoms with E-state index in [1.165, 1.54) is 25.8 Å². The molecule has 3 N–H and O–H groups in total. The minimum Gasteiger partial charge on any atom is -0.502 e. The molecule has 0 fully saturated rings. The number of para-hydroxylation sites is 1. The molecule has 37 heavy (non-hydrogen) atoms. The molecule has 0 saturated heterocycles. The van der Waals surface area contributed by atoms with Gasteiger partial charge in [-0.05, 0) is 42.7 Å². The zero-order chi connectivity index (χ0) is 26.3. The molecule has 0 aliphatic carbocycles. The summed E-state index contributed by atoms with van der Waals surface area (Å²) in [5.74, 6) is -1.26. The van der Waals surface area contributed by atoms with Crippen molar-refractivity contribution in [1.29, 1.82) is 0 Å². The zero-order valence-corrected chi connectivity index (χ0v) is 20.8. The number of phenols is 1. The third kappa shape index (κ3) is 4.37. The lowest BCUT2D eigenvalue weighted by atomic mass is 9.90. The summed E-state index contributed by atoms with van der Waals surface area (Å²) < 4.78 is 16.4. The van der Waals surface area contributed by atoms with E-state index in [1.807, 2.05) is 18.2 Å². The van der Waals surface area contributed by atoms with Gasteiger partial charge in [0.05, 0.1) is 26.7 Å². The van der Waals surface area contributed by atoms with Gasteiger partial charge in [-0.3, -0.25) is 9.59 Å². The molecule has 5 rings (SSSR count). The molecular weight excluding hydrogens is 476 g/mol. The van der Waals surface area contributed by atoms with Gasteiger partial charge in [-0.2, -0.15) is 0 Å². The number of rotatable bonds is 6. The van der Waals surface area contributed by atoms with Crippen LogP contribution >= 0.6 is 0 Å². The molecule has 3 heterocycles. The van der Waals surface area contributed by atoms with Crippen LogP contribution in [0.15, 0.2) is 51.7 Å². The first kappa shape index (κ1) is 24.3. The van der Waals surface area contributed by atoms with Gasteiger partial charge < -0.3 is 34.0 Å². The maximum Gasteiger partial charge on any atom is 0.227 e. The maximum absolute atomic E-state index is 13.6. The van der Waals surface area contributed by atoms with Gasteiger partial charge >= 0.3 is 0 Å². The molecule has 9 heteroatoms. The van der Waals surface area contributed by atoms with Crippen molar-refractivity contribution in [3.05, 3.63) is 81.0 Å². The third-order valence-corrected chi connectivity index (χ3v) is 6.91. The highest BCUT2D eigenvalue weighted by atomic mass is 16.5. The normalized spacial score (nSPS) is 13.9. The second-order valence-corrected chi connectivity index (χ2v) is 9.16. The first-order chi connectivity index (χ1) is 17.8. The van der Waals surface area contributed by atoms with E-state index in [-0.39, 0.29) is 35.3 Å². The summed E-state index contributed by atoms with van der Waals surface area (Å²) in [6, 6.07) is 12.3. The highest BCUT2D eigenvalue weighted by Gasteiger charge is 2.31. The number of carbonyl (C=O) groups excluding carboxylic acids is 1. The monoisotopic (exact) mass is 504 g/mol. The molecule has 0 saturated carbocycles. The van der Waals surface area contributed by atoms with E-state index >= 15 is 0 Å². The highest BCUT2D eigenvalue weighted by molar-refractivity contribution is 5.86. The van der Waals surface area contributed by atoms with Crippen molar-refractivity contribution in [3.63, 3.8) is 0 Å². The summed E-state index contributed by atoms with van der Waals surface area (Å²) in [6.45, 7) is 2.55. The first-order valence-corrected chi connectivity index (χ1v) is 12.0. The van der Waals surface area contributed by atoms with E-state index in [0.717, 1.165) is 16.6 Å². The fourth-order valence-electron chi connectivity index (χ4n) is 5.05. The topological polar surface area (TPSA) is 125 Å². The Labute approximate surface area is 212 Å². The molecular formula is C28H28N2O7. The molecule has 1 aliphatic rings. The van der Waals surface area contributed by atoms with Crippen LogP contribution in [0.5, 0.6) is 23.0 Å². The summed E-state index contributed by atoms with van der Waals surface area (Å²) >= 11 is 0. The number of aryl methyl sites for hydroxylation is 1. The highest BCUT2D eigenvalue weighted by Crippen LogP contribution is 2.43. The van der Waals surface area contributed by atoms with Gasteiger partial charge in [0, 0.05) is 35.6 Å². The number of fused-ring (bicyclic) bond motifs is 3. The van der Waals surface area contributed by atoms with E-state index in [1.54, 1.807) is 24.0 Å². The second-order valence-electron chi connectivity index (χ2n) is 9.16. The van der Waals surface area contributed by atoms with E-state index in [0.29, 0.717) is 30.8 Å². The number of methoxy groups -OCH3 is 2. The lowest BCUT2D eigenvalue weighted by molar-refractivity contribution is -0.132. The number of hydrogen-bond donors (Lipinski definition) is 3. The molecule has 0 spiro atoms. The Morgan fingerprint density at radius 1 is 1.11 bits per heavy atom. The Hall–Kier alpha value is -4.40. The van der Waals surface area contributed by atoms with Gasteiger partial charge in [0.15, 0.2) is 17.3 Å². The Bertz CT molecular complexity index is 1530. The average molecular weight is 505 g/mol. The SMILES string of the molecule is COc1cc(C(CC(=O)N2CCc3c([nH]c4ccccc34)C2)c2oc(C)cc(=O)c2O)cc(OC)c1O. The number of amides is 1. The number of nitrogens with one attached hydrogen (secondary N) is 1. The van der Waals surface area contributed by atoms with E-state index in [4.69, 9.17) is 13.9 Å². The fraction of sp³-hybridized carbons (Fsp3) is 0.286. The number of aromatic amines is 1. The van der Waals surface area contributed by atoms with Crippen molar-refractivity contribution in [2.45, 2.75) is 32.2 Å². The number of H-pyrrole nitrogens is 1. The van der Waals surface area contributed by atoms with Crippen LogP contribution in [0, 0.1) is 6.92 Å². The Morgan fingerprint density at radius 3 is 2.51 bits per heavy atom. The number of ether oxygens (including phenoxy) is 2. The molecule has 4 aromatic rings. The second kappa shape index (κ2) is 9.57. The summed E-state index contributed by atoms with van der Waals surface area (Å²) in [5, 5.41) is 22.2. The van der Waals surface area contributed by atoms with Gasteiger partial charge in [0.1, 0.15) is 5.76 Å². The van der Waals surface area contributed by atoms with Crippen LogP contribution < -0.4 is 14.9 Å². The van der Waals surface area contributed by atoms with Gasteiger partial charge in [0.2, 0.25) is 22.8 Å². The average Bonchev–Trinajstić information content (AvgIpc) is 3.27. The van der Waals surface area contributed by atoms with E-state index in [2.05, 4.69) is 11.1 Å². The van der Waals surface area contributed by atoms with Gasteiger partial charge in [0.25, 0.3) is 0 Å². The van der Waals surface area contributed by atoms with Crippen LogP contribution in [0.2, 0.25) is 0 Å². The summed E-state index contributed by atoms with van der Waals surface area (Å²) in [7, 11) is 2.79. The van der Waals surface area contributed by atoms with Crippen LogP contribution in [-0.2, 0) is 17.8 Å². The van der Waals surface area contributed by atoms with Crippen molar-refractivity contribution in [2.75, 3.05) is 20.8 Å². The molecule has 1 amide bonds.